The average Bonchev–Trinajstić information content (AvgIpc) is 2.47. The third-order valence-corrected chi connectivity index (χ3v) is 3.79. The molecule has 2 heterocycles. The minimum Gasteiger partial charge on any atom is -0.383 e. The van der Waals surface area contributed by atoms with Gasteiger partial charge in [-0.1, -0.05) is 17.7 Å². The van der Waals surface area contributed by atoms with E-state index >= 15 is 0 Å². The van der Waals surface area contributed by atoms with Gasteiger partial charge >= 0.3 is 0 Å². The SMILES string of the molecule is COCCNCc1cccnc1Sc1ccc(Cl)cn1. The van der Waals surface area contributed by atoms with Crippen LogP contribution in [-0.4, -0.2) is 30.2 Å². The molecule has 0 aliphatic rings. The van der Waals surface area contributed by atoms with Crippen LogP contribution in [0.25, 0.3) is 0 Å². The lowest BCUT2D eigenvalue weighted by Gasteiger charge is -2.08. The Kier molecular flexibility index (Phi) is 6.26. The first-order chi connectivity index (χ1) is 9.79. The largest absolute Gasteiger partial charge is 0.383 e. The van der Waals surface area contributed by atoms with Crippen LogP contribution in [0.2, 0.25) is 5.02 Å². The lowest BCUT2D eigenvalue weighted by molar-refractivity contribution is 0.199. The highest BCUT2D eigenvalue weighted by Gasteiger charge is 2.06. The van der Waals surface area contributed by atoms with Crippen LogP contribution < -0.4 is 5.32 Å². The van der Waals surface area contributed by atoms with Gasteiger partial charge in [-0.15, -0.1) is 0 Å². The van der Waals surface area contributed by atoms with Crippen molar-refractivity contribution >= 4 is 23.4 Å². The predicted molar refractivity (Wildman–Crippen MR) is 81.2 cm³/mol. The van der Waals surface area contributed by atoms with Crippen LogP contribution in [0, 0.1) is 0 Å². The van der Waals surface area contributed by atoms with Crippen molar-refractivity contribution in [3.05, 3.63) is 47.2 Å². The van der Waals surface area contributed by atoms with Gasteiger partial charge in [-0.3, -0.25) is 0 Å². The van der Waals surface area contributed by atoms with Crippen LogP contribution in [0.15, 0.2) is 46.7 Å². The first-order valence-corrected chi connectivity index (χ1v) is 7.42. The summed E-state index contributed by atoms with van der Waals surface area (Å²) in [4.78, 5) is 8.69. The number of rotatable bonds is 7. The standard InChI is InChI=1S/C14H16ClN3OS/c1-19-8-7-16-9-11-3-2-6-17-14(11)20-13-5-4-12(15)10-18-13/h2-6,10,16H,7-9H2,1H3. The second-order valence-electron chi connectivity index (χ2n) is 4.05. The molecule has 6 heteroatoms. The Morgan fingerprint density at radius 2 is 2.20 bits per heavy atom. The molecule has 2 rings (SSSR count). The minimum absolute atomic E-state index is 0.636. The number of methoxy groups -OCH3 is 1. The number of hydrogen-bond acceptors (Lipinski definition) is 5. The topological polar surface area (TPSA) is 47.0 Å². The van der Waals surface area contributed by atoms with Gasteiger partial charge in [0.25, 0.3) is 0 Å². The van der Waals surface area contributed by atoms with E-state index in [0.717, 1.165) is 28.7 Å². The smallest absolute Gasteiger partial charge is 0.107 e. The minimum atomic E-state index is 0.636. The van der Waals surface area contributed by atoms with Crippen LogP contribution >= 0.6 is 23.4 Å². The molecule has 106 valence electrons. The van der Waals surface area contributed by atoms with Crippen molar-refractivity contribution in [2.24, 2.45) is 0 Å². The van der Waals surface area contributed by atoms with E-state index in [1.165, 1.54) is 11.8 Å². The zero-order valence-corrected chi connectivity index (χ0v) is 12.7. The summed E-state index contributed by atoms with van der Waals surface area (Å²) in [5.41, 5.74) is 1.14. The van der Waals surface area contributed by atoms with Crippen LogP contribution in [0.3, 0.4) is 0 Å². The molecule has 0 unspecified atom stereocenters. The Morgan fingerprint density at radius 3 is 2.95 bits per heavy atom. The molecule has 0 aliphatic heterocycles. The maximum absolute atomic E-state index is 5.83. The summed E-state index contributed by atoms with van der Waals surface area (Å²) in [6, 6.07) is 7.72. The van der Waals surface area contributed by atoms with Crippen LogP contribution in [0.5, 0.6) is 0 Å². The second-order valence-corrected chi connectivity index (χ2v) is 5.50. The Balaban J connectivity index is 2.01. The highest BCUT2D eigenvalue weighted by molar-refractivity contribution is 7.99. The molecular weight excluding hydrogens is 294 g/mol. The number of hydrogen-bond donors (Lipinski definition) is 1. The maximum Gasteiger partial charge on any atom is 0.107 e. The summed E-state index contributed by atoms with van der Waals surface area (Å²) in [6.45, 7) is 2.27. The highest BCUT2D eigenvalue weighted by Crippen LogP contribution is 2.27. The Labute approximate surface area is 127 Å². The zero-order valence-electron chi connectivity index (χ0n) is 11.2. The maximum atomic E-state index is 5.83. The zero-order chi connectivity index (χ0) is 14.2. The Morgan fingerprint density at radius 1 is 1.30 bits per heavy atom. The summed E-state index contributed by atoms with van der Waals surface area (Å²) < 4.78 is 5.01. The number of ether oxygens (including phenoxy) is 1. The van der Waals surface area contributed by atoms with Crippen molar-refractivity contribution in [3.63, 3.8) is 0 Å². The van der Waals surface area contributed by atoms with Gasteiger partial charge in [-0.05, 0) is 35.5 Å². The van der Waals surface area contributed by atoms with Gasteiger partial charge in [0.1, 0.15) is 10.1 Å². The van der Waals surface area contributed by atoms with E-state index in [0.29, 0.717) is 11.6 Å². The van der Waals surface area contributed by atoms with E-state index in [9.17, 15) is 0 Å². The first-order valence-electron chi connectivity index (χ1n) is 6.22. The summed E-state index contributed by atoms with van der Waals surface area (Å²) in [7, 11) is 1.69. The highest BCUT2D eigenvalue weighted by atomic mass is 35.5. The van der Waals surface area contributed by atoms with E-state index in [2.05, 4.69) is 21.4 Å². The summed E-state index contributed by atoms with van der Waals surface area (Å²) >= 11 is 7.37. The molecule has 0 atom stereocenters. The molecule has 0 aromatic carbocycles. The van der Waals surface area contributed by atoms with Crippen molar-refractivity contribution in [2.45, 2.75) is 16.6 Å². The quantitative estimate of drug-likeness (QED) is 0.797. The molecule has 0 saturated carbocycles. The normalized spacial score (nSPS) is 10.7. The van der Waals surface area contributed by atoms with E-state index in [1.807, 2.05) is 18.2 Å². The molecule has 0 saturated heterocycles. The number of nitrogens with one attached hydrogen (secondary N) is 1. The summed E-state index contributed by atoms with van der Waals surface area (Å²) in [5, 5.41) is 5.79. The van der Waals surface area contributed by atoms with Crippen molar-refractivity contribution < 1.29 is 4.74 Å². The Bertz CT molecular complexity index is 536. The van der Waals surface area contributed by atoms with Gasteiger partial charge in [0, 0.05) is 32.6 Å². The molecule has 4 nitrogen and oxygen atoms in total. The van der Waals surface area contributed by atoms with Gasteiger partial charge in [-0.2, -0.15) is 0 Å². The van der Waals surface area contributed by atoms with E-state index in [-0.39, 0.29) is 0 Å². The van der Waals surface area contributed by atoms with Crippen LogP contribution in [0.1, 0.15) is 5.56 Å². The van der Waals surface area contributed by atoms with Crippen molar-refractivity contribution in [1.82, 2.24) is 15.3 Å². The van der Waals surface area contributed by atoms with E-state index < -0.39 is 0 Å². The predicted octanol–water partition coefficient (Wildman–Crippen LogP) is 3.02. The molecule has 0 spiro atoms. The van der Waals surface area contributed by atoms with Crippen LogP contribution in [-0.2, 0) is 11.3 Å². The van der Waals surface area contributed by atoms with Gasteiger partial charge in [0.2, 0.25) is 0 Å². The molecule has 0 bridgehead atoms. The molecule has 0 fully saturated rings. The second kappa shape index (κ2) is 8.21. The molecule has 0 aliphatic carbocycles. The van der Waals surface area contributed by atoms with Gasteiger partial charge < -0.3 is 10.1 Å². The van der Waals surface area contributed by atoms with Gasteiger partial charge in [0.15, 0.2) is 0 Å². The number of aromatic nitrogens is 2. The number of nitrogens with zero attached hydrogens (tertiary/aromatic N) is 2. The molecule has 0 amide bonds. The van der Waals surface area contributed by atoms with Gasteiger partial charge in [-0.25, -0.2) is 9.97 Å². The monoisotopic (exact) mass is 309 g/mol. The average molecular weight is 310 g/mol. The third-order valence-electron chi connectivity index (χ3n) is 2.55. The Hall–Kier alpha value is -1.14. The van der Waals surface area contributed by atoms with Crippen LogP contribution in [0.4, 0.5) is 0 Å². The van der Waals surface area contributed by atoms with E-state index in [1.54, 1.807) is 19.5 Å². The van der Waals surface area contributed by atoms with Crippen molar-refractivity contribution in [2.75, 3.05) is 20.3 Å². The summed E-state index contributed by atoms with van der Waals surface area (Å²) in [5.74, 6) is 0. The van der Waals surface area contributed by atoms with E-state index in [4.69, 9.17) is 16.3 Å². The van der Waals surface area contributed by atoms with Crippen molar-refractivity contribution in [1.29, 1.82) is 0 Å². The lowest BCUT2D eigenvalue weighted by Crippen LogP contribution is -2.19. The molecular formula is C14H16ClN3OS. The molecule has 1 N–H and O–H groups in total. The molecule has 2 aromatic rings. The van der Waals surface area contributed by atoms with Crippen molar-refractivity contribution in [3.8, 4) is 0 Å². The molecule has 0 radical (unpaired) electrons. The fourth-order valence-corrected chi connectivity index (χ4v) is 2.51. The fourth-order valence-electron chi connectivity index (χ4n) is 1.57. The van der Waals surface area contributed by atoms with Gasteiger partial charge in [0.05, 0.1) is 11.6 Å². The fraction of sp³-hybridized carbons (Fsp3) is 0.286. The summed E-state index contributed by atoms with van der Waals surface area (Å²) in [6.07, 6.45) is 3.43. The molecule has 20 heavy (non-hydrogen) atoms. The number of pyridine rings is 2. The molecule has 2 aromatic heterocycles. The lowest BCUT2D eigenvalue weighted by atomic mass is 10.3. The third kappa shape index (κ3) is 4.76. The number of halogens is 1. The first kappa shape index (κ1) is 15.3.